The van der Waals surface area contributed by atoms with Crippen molar-refractivity contribution in [3.63, 3.8) is 0 Å². The van der Waals surface area contributed by atoms with E-state index in [0.29, 0.717) is 11.2 Å². The van der Waals surface area contributed by atoms with Crippen LogP contribution in [0.15, 0.2) is 113 Å². The molecule has 1 fully saturated rings. The molecule has 2 heterocycles. The summed E-state index contributed by atoms with van der Waals surface area (Å²) < 4.78 is 6.90. The third kappa shape index (κ3) is 3.43. The topological polar surface area (TPSA) is 9.23 Å². The third-order valence-corrected chi connectivity index (χ3v) is 8.05. The van der Waals surface area contributed by atoms with Gasteiger partial charge in [-0.3, -0.25) is 0 Å². The Bertz CT molecular complexity index is 942. The van der Waals surface area contributed by atoms with Crippen molar-refractivity contribution in [2.45, 2.75) is 32.5 Å². The van der Waals surface area contributed by atoms with Crippen LogP contribution >= 0.6 is 23.5 Å². The minimum atomic E-state index is -0.386. The monoisotopic (exact) mass is 402 g/mol. The molecule has 2 aliphatic heterocycles. The molecule has 0 unspecified atom stereocenters. The lowest BCUT2D eigenvalue weighted by Crippen LogP contribution is -2.51. The first-order valence-electron chi connectivity index (χ1n) is 9.70. The second kappa shape index (κ2) is 7.82. The maximum atomic E-state index is 6.90. The summed E-state index contributed by atoms with van der Waals surface area (Å²) in [5, 5.41) is 0.361. The van der Waals surface area contributed by atoms with Gasteiger partial charge in [0.2, 0.25) is 0 Å². The highest BCUT2D eigenvalue weighted by molar-refractivity contribution is 8.00. The highest BCUT2D eigenvalue weighted by atomic mass is 32.2. The predicted molar refractivity (Wildman–Crippen MR) is 119 cm³/mol. The van der Waals surface area contributed by atoms with Gasteiger partial charge in [0.05, 0.1) is 0 Å². The second-order valence-electron chi connectivity index (χ2n) is 7.25. The lowest BCUT2D eigenvalue weighted by Gasteiger charge is -2.51. The second-order valence-corrected chi connectivity index (χ2v) is 9.70. The van der Waals surface area contributed by atoms with Crippen molar-refractivity contribution >= 4 is 23.5 Å². The van der Waals surface area contributed by atoms with Crippen LogP contribution in [0.25, 0.3) is 0 Å². The van der Waals surface area contributed by atoms with Gasteiger partial charge in [-0.25, -0.2) is 0 Å². The molecule has 2 bridgehead atoms. The Balaban J connectivity index is 1.49. The van der Waals surface area contributed by atoms with E-state index in [1.165, 1.54) is 15.4 Å². The highest BCUT2D eigenvalue weighted by Crippen LogP contribution is 2.55. The van der Waals surface area contributed by atoms with Crippen LogP contribution in [0.4, 0.5) is 0 Å². The van der Waals surface area contributed by atoms with E-state index in [1.54, 1.807) is 0 Å². The van der Waals surface area contributed by atoms with Gasteiger partial charge >= 0.3 is 0 Å². The molecule has 3 aromatic rings. The van der Waals surface area contributed by atoms with Gasteiger partial charge in [0.25, 0.3) is 0 Å². The number of fused-ring (bicyclic) bond motifs is 2. The van der Waals surface area contributed by atoms with Gasteiger partial charge in [-0.1, -0.05) is 90.6 Å². The van der Waals surface area contributed by atoms with Gasteiger partial charge in [-0.15, -0.1) is 11.8 Å². The van der Waals surface area contributed by atoms with Crippen molar-refractivity contribution in [3.8, 4) is 0 Å². The maximum Gasteiger partial charge on any atom is 0.125 e. The van der Waals surface area contributed by atoms with Crippen LogP contribution in [-0.4, -0.2) is 10.7 Å². The third-order valence-electron chi connectivity index (χ3n) is 5.46. The Hall–Kier alpha value is -1.94. The molecule has 3 aromatic carbocycles. The van der Waals surface area contributed by atoms with E-state index < -0.39 is 0 Å². The molecule has 1 nitrogen and oxygen atoms in total. The quantitative estimate of drug-likeness (QED) is 0.436. The smallest absolute Gasteiger partial charge is 0.125 e. The molecular weight excluding hydrogens is 380 g/mol. The van der Waals surface area contributed by atoms with Crippen LogP contribution in [0, 0.1) is 5.92 Å². The first kappa shape index (κ1) is 18.1. The van der Waals surface area contributed by atoms with Crippen LogP contribution in [0.1, 0.15) is 12.0 Å². The van der Waals surface area contributed by atoms with Gasteiger partial charge in [0.15, 0.2) is 0 Å². The number of benzene rings is 3. The Morgan fingerprint density at radius 2 is 1.29 bits per heavy atom. The van der Waals surface area contributed by atoms with Gasteiger partial charge in [0, 0.05) is 21.0 Å². The van der Waals surface area contributed by atoms with Crippen LogP contribution in [-0.2, 0) is 10.3 Å². The molecule has 3 aliphatic rings. The first-order valence-corrected chi connectivity index (χ1v) is 11.5. The Morgan fingerprint density at radius 3 is 1.93 bits per heavy atom. The average molecular weight is 403 g/mol. The SMILES string of the molecule is C1=C[C@]2(c3ccccc3)O[C@H](Sc3ccccc3)[C@H]1C[C@@H]2Sc1ccccc1. The number of thioether (sulfide) groups is 2. The summed E-state index contributed by atoms with van der Waals surface area (Å²) in [5.74, 6) is 0.428. The van der Waals surface area contributed by atoms with Crippen molar-refractivity contribution in [2.24, 2.45) is 5.92 Å². The molecule has 3 heteroatoms. The average Bonchev–Trinajstić information content (AvgIpc) is 2.77. The van der Waals surface area contributed by atoms with E-state index >= 15 is 0 Å². The minimum absolute atomic E-state index is 0.139. The number of ether oxygens (including phenoxy) is 1. The Morgan fingerprint density at radius 1 is 0.714 bits per heavy atom. The van der Waals surface area contributed by atoms with Gasteiger partial charge in [-0.05, 0) is 36.2 Å². The predicted octanol–water partition coefficient (Wildman–Crippen LogP) is 6.77. The van der Waals surface area contributed by atoms with Crippen molar-refractivity contribution in [2.75, 3.05) is 0 Å². The molecule has 140 valence electrons. The molecule has 0 spiro atoms. The molecular formula is C25H22OS2. The van der Waals surface area contributed by atoms with E-state index in [4.69, 9.17) is 4.74 Å². The van der Waals surface area contributed by atoms with Crippen molar-refractivity contribution in [1.82, 2.24) is 0 Å². The molecule has 0 saturated carbocycles. The van der Waals surface area contributed by atoms with E-state index in [1.807, 2.05) is 23.5 Å². The molecule has 0 aromatic heterocycles. The minimum Gasteiger partial charge on any atom is -0.350 e. The van der Waals surface area contributed by atoms with E-state index in [2.05, 4.69) is 103 Å². The Kier molecular flexibility index (Phi) is 5.06. The van der Waals surface area contributed by atoms with Gasteiger partial charge < -0.3 is 4.74 Å². The van der Waals surface area contributed by atoms with E-state index in [0.717, 1.165) is 6.42 Å². The van der Waals surface area contributed by atoms with Crippen molar-refractivity contribution in [3.05, 3.63) is 109 Å². The first-order chi connectivity index (χ1) is 13.8. The fourth-order valence-corrected chi connectivity index (χ4v) is 6.64. The maximum absolute atomic E-state index is 6.90. The number of hydrogen-bond acceptors (Lipinski definition) is 3. The lowest BCUT2D eigenvalue weighted by atomic mass is 9.77. The van der Waals surface area contributed by atoms with Crippen molar-refractivity contribution in [1.29, 1.82) is 0 Å². The van der Waals surface area contributed by atoms with Crippen LogP contribution in [0.5, 0.6) is 0 Å². The molecule has 6 rings (SSSR count). The van der Waals surface area contributed by atoms with E-state index in [-0.39, 0.29) is 11.0 Å². The normalized spacial score (nSPS) is 28.4. The number of rotatable bonds is 5. The number of hydrogen-bond donors (Lipinski definition) is 0. The van der Waals surface area contributed by atoms with Crippen LogP contribution in [0.2, 0.25) is 0 Å². The van der Waals surface area contributed by atoms with Crippen LogP contribution < -0.4 is 0 Å². The molecule has 1 aliphatic carbocycles. The zero-order valence-electron chi connectivity index (χ0n) is 15.5. The highest BCUT2D eigenvalue weighted by Gasteiger charge is 2.51. The summed E-state index contributed by atoms with van der Waals surface area (Å²) in [6, 6.07) is 32.0. The summed E-state index contributed by atoms with van der Waals surface area (Å²) in [4.78, 5) is 2.57. The zero-order chi connectivity index (χ0) is 18.8. The standard InChI is InChI=1S/C25H22OS2/c1-4-10-20(11-5-1)25-17-16-19(18-23(25)27-21-12-6-2-7-13-21)24(26-25)28-22-14-8-3-9-15-22/h1-17,19,23-24H,18H2/t19-,23+,24-,25-/m1/s1. The molecule has 1 saturated heterocycles. The van der Waals surface area contributed by atoms with Gasteiger partial charge in [-0.2, -0.15) is 0 Å². The summed E-state index contributed by atoms with van der Waals surface area (Å²) in [7, 11) is 0. The Labute approximate surface area is 175 Å². The fraction of sp³-hybridized carbons (Fsp3) is 0.200. The molecule has 0 N–H and O–H groups in total. The zero-order valence-corrected chi connectivity index (χ0v) is 17.1. The van der Waals surface area contributed by atoms with E-state index in [9.17, 15) is 0 Å². The summed E-state index contributed by atoms with van der Waals surface area (Å²) in [5.41, 5.74) is 1.000. The molecule has 4 atom stereocenters. The summed E-state index contributed by atoms with van der Waals surface area (Å²) in [6.45, 7) is 0. The largest absolute Gasteiger partial charge is 0.350 e. The summed E-state index contributed by atoms with van der Waals surface area (Å²) >= 11 is 3.79. The van der Waals surface area contributed by atoms with Gasteiger partial charge in [0.1, 0.15) is 11.0 Å². The van der Waals surface area contributed by atoms with Crippen molar-refractivity contribution < 1.29 is 4.74 Å². The summed E-state index contributed by atoms with van der Waals surface area (Å²) in [6.07, 6.45) is 5.83. The molecule has 0 radical (unpaired) electrons. The lowest BCUT2D eigenvalue weighted by molar-refractivity contribution is -0.0892. The fourth-order valence-electron chi connectivity index (χ4n) is 4.06. The van der Waals surface area contributed by atoms with Crippen LogP contribution in [0.3, 0.4) is 0 Å². The molecule has 28 heavy (non-hydrogen) atoms. The molecule has 0 amide bonds.